The molecule has 0 amide bonds. The number of aryl methyl sites for hydroxylation is 1. The molecule has 2 heteroatoms. The van der Waals surface area contributed by atoms with Gasteiger partial charge in [-0.1, -0.05) is 12.1 Å². The van der Waals surface area contributed by atoms with Crippen LogP contribution in [0.15, 0.2) is 18.2 Å². The predicted molar refractivity (Wildman–Crippen MR) is 54.8 cm³/mol. The second-order valence-electron chi connectivity index (χ2n) is 3.58. The highest BCUT2D eigenvalue weighted by atomic mass is 16.3. The molecule has 0 saturated heterocycles. The van der Waals surface area contributed by atoms with E-state index in [1.807, 2.05) is 26.0 Å². The predicted octanol–water partition coefficient (Wildman–Crippen LogP) is 1.98. The number of aromatic hydroxyl groups is 1. The van der Waals surface area contributed by atoms with Gasteiger partial charge in [-0.2, -0.15) is 0 Å². The van der Waals surface area contributed by atoms with Gasteiger partial charge in [0.05, 0.1) is 0 Å². The number of benzene rings is 1. The van der Waals surface area contributed by atoms with Crippen molar-refractivity contribution in [1.29, 1.82) is 0 Å². The van der Waals surface area contributed by atoms with Gasteiger partial charge in [-0.3, -0.25) is 0 Å². The van der Waals surface area contributed by atoms with Crippen LogP contribution in [0.4, 0.5) is 0 Å². The maximum Gasteiger partial charge on any atom is 0.118 e. The van der Waals surface area contributed by atoms with Gasteiger partial charge >= 0.3 is 0 Å². The molecule has 0 heterocycles. The normalized spacial score (nSPS) is 12.8. The zero-order chi connectivity index (χ0) is 9.84. The topological polar surface area (TPSA) is 46.2 Å². The molecule has 0 bridgehead atoms. The number of hydrogen-bond donors (Lipinski definition) is 2. The Balaban J connectivity index is 2.71. The largest absolute Gasteiger partial charge is 0.508 e. The summed E-state index contributed by atoms with van der Waals surface area (Å²) in [6.45, 7) is 3.93. The van der Waals surface area contributed by atoms with Crippen LogP contribution in [0.3, 0.4) is 0 Å². The number of nitrogens with two attached hydrogens (primary N) is 1. The maximum absolute atomic E-state index is 9.43. The number of rotatable bonds is 3. The fourth-order valence-corrected chi connectivity index (χ4v) is 1.32. The lowest BCUT2D eigenvalue weighted by Crippen LogP contribution is -2.15. The third kappa shape index (κ3) is 2.74. The molecule has 0 fully saturated rings. The quantitative estimate of drug-likeness (QED) is 0.745. The molecule has 72 valence electrons. The second-order valence-corrected chi connectivity index (χ2v) is 3.58. The van der Waals surface area contributed by atoms with Crippen LogP contribution in [-0.2, 0) is 6.42 Å². The molecule has 1 atom stereocenters. The molecule has 0 aliphatic carbocycles. The second kappa shape index (κ2) is 4.28. The van der Waals surface area contributed by atoms with Crippen LogP contribution in [0, 0.1) is 6.92 Å². The Kier molecular flexibility index (Phi) is 3.32. The fourth-order valence-electron chi connectivity index (χ4n) is 1.32. The molecule has 1 aromatic rings. The minimum absolute atomic E-state index is 0.224. The molecule has 0 aromatic heterocycles. The first-order valence-electron chi connectivity index (χ1n) is 4.64. The van der Waals surface area contributed by atoms with Crippen molar-refractivity contribution < 1.29 is 5.11 Å². The van der Waals surface area contributed by atoms with Crippen LogP contribution in [0.25, 0.3) is 0 Å². The van der Waals surface area contributed by atoms with Gasteiger partial charge in [-0.25, -0.2) is 0 Å². The Morgan fingerprint density at radius 1 is 1.46 bits per heavy atom. The van der Waals surface area contributed by atoms with Crippen LogP contribution in [0.5, 0.6) is 5.75 Å². The summed E-state index contributed by atoms with van der Waals surface area (Å²) in [5.41, 5.74) is 7.83. The van der Waals surface area contributed by atoms with Crippen molar-refractivity contribution in [2.45, 2.75) is 32.7 Å². The Labute approximate surface area is 79.4 Å². The van der Waals surface area contributed by atoms with E-state index in [9.17, 15) is 5.11 Å². The summed E-state index contributed by atoms with van der Waals surface area (Å²) in [4.78, 5) is 0. The van der Waals surface area contributed by atoms with Gasteiger partial charge in [0.2, 0.25) is 0 Å². The van der Waals surface area contributed by atoms with Crippen molar-refractivity contribution in [3.8, 4) is 5.75 Å². The lowest BCUT2D eigenvalue weighted by molar-refractivity contribution is 0.469. The molecule has 1 rings (SSSR count). The summed E-state index contributed by atoms with van der Waals surface area (Å²) in [5, 5.41) is 9.43. The van der Waals surface area contributed by atoms with Gasteiger partial charge in [-0.15, -0.1) is 0 Å². The molecule has 13 heavy (non-hydrogen) atoms. The van der Waals surface area contributed by atoms with Crippen molar-refractivity contribution in [2.24, 2.45) is 5.73 Å². The molecule has 3 N–H and O–H groups in total. The SMILES string of the molecule is Cc1c(O)cccc1CCC(C)N. The van der Waals surface area contributed by atoms with Gasteiger partial charge < -0.3 is 10.8 Å². The third-order valence-electron chi connectivity index (χ3n) is 2.29. The molecule has 0 aliphatic rings. The summed E-state index contributed by atoms with van der Waals surface area (Å²) in [6.07, 6.45) is 1.90. The van der Waals surface area contributed by atoms with Gasteiger partial charge in [0.1, 0.15) is 5.75 Å². The highest BCUT2D eigenvalue weighted by Gasteiger charge is 2.03. The van der Waals surface area contributed by atoms with Crippen LogP contribution in [-0.4, -0.2) is 11.1 Å². The zero-order valence-electron chi connectivity index (χ0n) is 8.25. The number of hydrogen-bond acceptors (Lipinski definition) is 2. The van der Waals surface area contributed by atoms with Gasteiger partial charge in [0.25, 0.3) is 0 Å². The minimum Gasteiger partial charge on any atom is -0.508 e. The lowest BCUT2D eigenvalue weighted by Gasteiger charge is -2.08. The Morgan fingerprint density at radius 2 is 2.15 bits per heavy atom. The van der Waals surface area contributed by atoms with Crippen molar-refractivity contribution in [3.63, 3.8) is 0 Å². The minimum atomic E-state index is 0.224. The molecular formula is C11H17NO. The lowest BCUT2D eigenvalue weighted by atomic mass is 10.0. The maximum atomic E-state index is 9.43. The molecule has 1 aromatic carbocycles. The summed E-state index contributed by atoms with van der Waals surface area (Å²) in [7, 11) is 0. The Hall–Kier alpha value is -1.02. The van der Waals surface area contributed by atoms with E-state index in [0.29, 0.717) is 5.75 Å². The van der Waals surface area contributed by atoms with Crippen molar-refractivity contribution >= 4 is 0 Å². The molecule has 1 unspecified atom stereocenters. The molecule has 0 saturated carbocycles. The van der Waals surface area contributed by atoms with Crippen molar-refractivity contribution in [2.75, 3.05) is 0 Å². The van der Waals surface area contributed by atoms with Gasteiger partial charge in [-0.05, 0) is 43.9 Å². The third-order valence-corrected chi connectivity index (χ3v) is 2.29. The van der Waals surface area contributed by atoms with E-state index in [2.05, 4.69) is 0 Å². The Morgan fingerprint density at radius 3 is 2.77 bits per heavy atom. The first-order valence-corrected chi connectivity index (χ1v) is 4.64. The van der Waals surface area contributed by atoms with E-state index >= 15 is 0 Å². The standard InChI is InChI=1S/C11H17NO/c1-8(12)6-7-10-4-3-5-11(13)9(10)2/h3-5,8,13H,6-7,12H2,1-2H3. The summed E-state index contributed by atoms with van der Waals surface area (Å²) >= 11 is 0. The van der Waals surface area contributed by atoms with Crippen molar-refractivity contribution in [1.82, 2.24) is 0 Å². The Bertz CT molecular complexity index is 281. The first kappa shape index (κ1) is 10.1. The van der Waals surface area contributed by atoms with E-state index in [0.717, 1.165) is 18.4 Å². The van der Waals surface area contributed by atoms with Gasteiger partial charge in [0, 0.05) is 6.04 Å². The van der Waals surface area contributed by atoms with Crippen LogP contribution in [0.1, 0.15) is 24.5 Å². The van der Waals surface area contributed by atoms with E-state index in [1.54, 1.807) is 6.07 Å². The fraction of sp³-hybridized carbons (Fsp3) is 0.455. The van der Waals surface area contributed by atoms with Crippen LogP contribution >= 0.6 is 0 Å². The molecule has 0 spiro atoms. The number of phenolic OH excluding ortho intramolecular Hbond substituents is 1. The molecular weight excluding hydrogens is 162 g/mol. The average Bonchev–Trinajstić information content (AvgIpc) is 2.07. The van der Waals surface area contributed by atoms with E-state index in [4.69, 9.17) is 5.73 Å². The van der Waals surface area contributed by atoms with E-state index in [-0.39, 0.29) is 6.04 Å². The van der Waals surface area contributed by atoms with E-state index in [1.165, 1.54) is 5.56 Å². The van der Waals surface area contributed by atoms with Crippen LogP contribution in [0.2, 0.25) is 0 Å². The molecule has 0 radical (unpaired) electrons. The molecule has 2 nitrogen and oxygen atoms in total. The van der Waals surface area contributed by atoms with Gasteiger partial charge in [0.15, 0.2) is 0 Å². The summed E-state index contributed by atoms with van der Waals surface area (Å²) in [5.74, 6) is 0.377. The zero-order valence-corrected chi connectivity index (χ0v) is 8.25. The highest BCUT2D eigenvalue weighted by molar-refractivity contribution is 5.37. The smallest absolute Gasteiger partial charge is 0.118 e. The van der Waals surface area contributed by atoms with Crippen LogP contribution < -0.4 is 5.73 Å². The molecule has 0 aliphatic heterocycles. The monoisotopic (exact) mass is 179 g/mol. The van der Waals surface area contributed by atoms with Crippen molar-refractivity contribution in [3.05, 3.63) is 29.3 Å². The first-order chi connectivity index (χ1) is 6.11. The highest BCUT2D eigenvalue weighted by Crippen LogP contribution is 2.20. The average molecular weight is 179 g/mol. The number of phenols is 1. The van der Waals surface area contributed by atoms with E-state index < -0.39 is 0 Å². The summed E-state index contributed by atoms with van der Waals surface area (Å²) < 4.78 is 0. The summed E-state index contributed by atoms with van der Waals surface area (Å²) in [6, 6.07) is 5.85.